The van der Waals surface area contributed by atoms with Crippen molar-refractivity contribution in [2.75, 3.05) is 6.54 Å². The van der Waals surface area contributed by atoms with Crippen LogP contribution in [-0.4, -0.2) is 22.6 Å². The van der Waals surface area contributed by atoms with E-state index < -0.39 is 0 Å². The Kier molecular flexibility index (Phi) is 4.25. The number of aryl methyl sites for hydroxylation is 1. The molecule has 0 aliphatic rings. The number of hydrogen-bond acceptors (Lipinski definition) is 5. The zero-order valence-corrected chi connectivity index (χ0v) is 10.7. The fourth-order valence-corrected chi connectivity index (χ4v) is 1.78. The van der Waals surface area contributed by atoms with Gasteiger partial charge in [0.25, 0.3) is 0 Å². The Morgan fingerprint density at radius 2 is 2.16 bits per heavy atom. The molecule has 3 N–H and O–H groups in total. The Bertz CT molecular complexity index is 539. The van der Waals surface area contributed by atoms with Gasteiger partial charge in [0.2, 0.25) is 11.8 Å². The molecule has 2 rings (SSSR count). The Morgan fingerprint density at radius 3 is 2.74 bits per heavy atom. The number of rotatable bonds is 5. The fourth-order valence-electron chi connectivity index (χ4n) is 1.78. The molecule has 6 heteroatoms. The van der Waals surface area contributed by atoms with E-state index in [1.807, 2.05) is 30.3 Å². The Balaban J connectivity index is 1.98. The summed E-state index contributed by atoms with van der Waals surface area (Å²) < 4.78 is 4.93. The fraction of sp³-hybridized carbons (Fsp3) is 0.308. The Morgan fingerprint density at radius 1 is 1.42 bits per heavy atom. The predicted octanol–water partition coefficient (Wildman–Crippen LogP) is 0.737. The maximum atomic E-state index is 12.1. The first-order valence-corrected chi connectivity index (χ1v) is 6.02. The lowest BCUT2D eigenvalue weighted by Crippen LogP contribution is -2.33. The van der Waals surface area contributed by atoms with Crippen LogP contribution in [0.2, 0.25) is 0 Å². The standard InChI is InChI=1S/C13H16N4O2/c1-9-16-12(19-17-9)8-15-13(18)11(7-14)10-5-3-2-4-6-10/h2-6,11H,7-8,14H2,1H3,(H,15,18). The van der Waals surface area contributed by atoms with Crippen LogP contribution in [0.5, 0.6) is 0 Å². The highest BCUT2D eigenvalue weighted by molar-refractivity contribution is 5.83. The van der Waals surface area contributed by atoms with Gasteiger partial charge in [0.1, 0.15) is 0 Å². The molecule has 0 aliphatic heterocycles. The average molecular weight is 260 g/mol. The minimum Gasteiger partial charge on any atom is -0.346 e. The van der Waals surface area contributed by atoms with Crippen molar-refractivity contribution in [3.8, 4) is 0 Å². The molecule has 1 heterocycles. The van der Waals surface area contributed by atoms with Gasteiger partial charge in [0.15, 0.2) is 5.82 Å². The first-order valence-electron chi connectivity index (χ1n) is 6.02. The van der Waals surface area contributed by atoms with E-state index in [1.165, 1.54) is 0 Å². The number of aromatic nitrogens is 2. The summed E-state index contributed by atoms with van der Waals surface area (Å²) in [6.45, 7) is 2.18. The summed E-state index contributed by atoms with van der Waals surface area (Å²) in [5.41, 5.74) is 6.56. The highest BCUT2D eigenvalue weighted by Crippen LogP contribution is 2.14. The van der Waals surface area contributed by atoms with Crippen molar-refractivity contribution < 1.29 is 9.32 Å². The minimum absolute atomic E-state index is 0.149. The van der Waals surface area contributed by atoms with Crippen LogP contribution in [0.1, 0.15) is 23.2 Å². The van der Waals surface area contributed by atoms with Crippen LogP contribution >= 0.6 is 0 Å². The number of nitrogens with one attached hydrogen (secondary N) is 1. The summed E-state index contributed by atoms with van der Waals surface area (Å²) in [7, 11) is 0. The van der Waals surface area contributed by atoms with Crippen molar-refractivity contribution in [1.82, 2.24) is 15.5 Å². The molecule has 0 radical (unpaired) electrons. The van der Waals surface area contributed by atoms with E-state index in [2.05, 4.69) is 15.5 Å². The third kappa shape index (κ3) is 3.38. The van der Waals surface area contributed by atoms with Gasteiger partial charge >= 0.3 is 0 Å². The van der Waals surface area contributed by atoms with Crippen LogP contribution in [0.25, 0.3) is 0 Å². The molecular weight excluding hydrogens is 244 g/mol. The second kappa shape index (κ2) is 6.10. The third-order valence-electron chi connectivity index (χ3n) is 2.74. The van der Waals surface area contributed by atoms with Gasteiger partial charge in [-0.25, -0.2) is 0 Å². The first-order chi connectivity index (χ1) is 9.20. The smallest absolute Gasteiger partial charge is 0.246 e. The number of nitrogens with zero attached hydrogens (tertiary/aromatic N) is 2. The van der Waals surface area contributed by atoms with Crippen molar-refractivity contribution in [3.63, 3.8) is 0 Å². The van der Waals surface area contributed by atoms with E-state index in [4.69, 9.17) is 10.3 Å². The molecule has 1 unspecified atom stereocenters. The molecule has 19 heavy (non-hydrogen) atoms. The van der Waals surface area contributed by atoms with Gasteiger partial charge in [-0.15, -0.1) is 0 Å². The van der Waals surface area contributed by atoms with E-state index in [-0.39, 0.29) is 24.9 Å². The minimum atomic E-state index is -0.370. The second-order valence-corrected chi connectivity index (χ2v) is 4.15. The largest absolute Gasteiger partial charge is 0.346 e. The molecule has 0 saturated heterocycles. The third-order valence-corrected chi connectivity index (χ3v) is 2.74. The van der Waals surface area contributed by atoms with E-state index in [1.54, 1.807) is 6.92 Å². The van der Waals surface area contributed by atoms with E-state index in [0.29, 0.717) is 11.7 Å². The summed E-state index contributed by atoms with van der Waals surface area (Å²) >= 11 is 0. The number of amides is 1. The van der Waals surface area contributed by atoms with Crippen LogP contribution in [-0.2, 0) is 11.3 Å². The molecule has 1 atom stereocenters. The molecule has 1 aromatic heterocycles. The highest BCUT2D eigenvalue weighted by atomic mass is 16.5. The normalized spacial score (nSPS) is 12.1. The van der Waals surface area contributed by atoms with Gasteiger partial charge in [0.05, 0.1) is 12.5 Å². The molecule has 0 aliphatic carbocycles. The molecule has 0 fully saturated rings. The molecule has 0 spiro atoms. The number of nitrogens with two attached hydrogens (primary N) is 1. The molecular formula is C13H16N4O2. The highest BCUT2D eigenvalue weighted by Gasteiger charge is 2.19. The van der Waals surface area contributed by atoms with Gasteiger partial charge in [-0.3, -0.25) is 4.79 Å². The van der Waals surface area contributed by atoms with Crippen molar-refractivity contribution in [2.24, 2.45) is 5.73 Å². The van der Waals surface area contributed by atoms with Gasteiger partial charge in [-0.1, -0.05) is 35.5 Å². The first kappa shape index (κ1) is 13.2. The maximum Gasteiger partial charge on any atom is 0.246 e. The van der Waals surface area contributed by atoms with Crippen LogP contribution in [0, 0.1) is 6.92 Å². The number of carbonyl (C=O) groups excluding carboxylic acids is 1. The zero-order chi connectivity index (χ0) is 13.7. The van der Waals surface area contributed by atoms with E-state index in [9.17, 15) is 4.79 Å². The molecule has 1 aromatic carbocycles. The van der Waals surface area contributed by atoms with Crippen LogP contribution in [0.15, 0.2) is 34.9 Å². The summed E-state index contributed by atoms with van der Waals surface area (Å²) in [5, 5.41) is 6.40. The van der Waals surface area contributed by atoms with Gasteiger partial charge in [-0.2, -0.15) is 4.98 Å². The summed E-state index contributed by atoms with van der Waals surface area (Å²) in [6, 6.07) is 9.43. The number of carbonyl (C=O) groups is 1. The number of benzene rings is 1. The van der Waals surface area contributed by atoms with Crippen molar-refractivity contribution in [1.29, 1.82) is 0 Å². The number of hydrogen-bond donors (Lipinski definition) is 2. The molecule has 1 amide bonds. The van der Waals surface area contributed by atoms with Gasteiger partial charge < -0.3 is 15.6 Å². The zero-order valence-electron chi connectivity index (χ0n) is 10.7. The lowest BCUT2D eigenvalue weighted by molar-refractivity contribution is -0.122. The summed E-state index contributed by atoms with van der Waals surface area (Å²) in [5.74, 6) is 0.409. The van der Waals surface area contributed by atoms with E-state index in [0.717, 1.165) is 5.56 Å². The van der Waals surface area contributed by atoms with Crippen LogP contribution < -0.4 is 11.1 Å². The van der Waals surface area contributed by atoms with Gasteiger partial charge in [-0.05, 0) is 12.5 Å². The average Bonchev–Trinajstić information content (AvgIpc) is 2.84. The Hall–Kier alpha value is -2.21. The van der Waals surface area contributed by atoms with Crippen LogP contribution in [0.3, 0.4) is 0 Å². The second-order valence-electron chi connectivity index (χ2n) is 4.15. The SMILES string of the molecule is Cc1noc(CNC(=O)C(CN)c2ccccc2)n1. The van der Waals surface area contributed by atoms with E-state index >= 15 is 0 Å². The Labute approximate surface area is 111 Å². The topological polar surface area (TPSA) is 94.0 Å². The van der Waals surface area contributed by atoms with Crippen molar-refractivity contribution in [2.45, 2.75) is 19.4 Å². The summed E-state index contributed by atoms with van der Waals surface area (Å²) in [6.07, 6.45) is 0. The monoisotopic (exact) mass is 260 g/mol. The van der Waals surface area contributed by atoms with Gasteiger partial charge in [0, 0.05) is 6.54 Å². The molecule has 2 aromatic rings. The molecule has 0 bridgehead atoms. The van der Waals surface area contributed by atoms with Crippen molar-refractivity contribution >= 4 is 5.91 Å². The molecule has 0 saturated carbocycles. The maximum absolute atomic E-state index is 12.1. The molecule has 6 nitrogen and oxygen atoms in total. The predicted molar refractivity (Wildman–Crippen MR) is 69.1 cm³/mol. The lowest BCUT2D eigenvalue weighted by Gasteiger charge is -2.14. The molecule has 100 valence electrons. The quantitative estimate of drug-likeness (QED) is 0.826. The van der Waals surface area contributed by atoms with Crippen LogP contribution in [0.4, 0.5) is 0 Å². The lowest BCUT2D eigenvalue weighted by atomic mass is 9.98. The van der Waals surface area contributed by atoms with Crippen molar-refractivity contribution in [3.05, 3.63) is 47.6 Å². The summed E-state index contributed by atoms with van der Waals surface area (Å²) in [4.78, 5) is 16.1.